The summed E-state index contributed by atoms with van der Waals surface area (Å²) in [5.41, 5.74) is 9.97. The fourth-order valence-electron chi connectivity index (χ4n) is 4.79. The highest BCUT2D eigenvalue weighted by Crippen LogP contribution is 2.28. The first-order valence-corrected chi connectivity index (χ1v) is 12.3. The van der Waals surface area contributed by atoms with Crippen molar-refractivity contribution in [2.45, 2.75) is 26.7 Å². The van der Waals surface area contributed by atoms with Crippen LogP contribution < -0.4 is 10.5 Å². The number of anilines is 1. The SMILES string of the molecule is Cc1ccccc1C(=O)N1CCC(COc2ccc3c(N)nn(C(=O)c4ccccc4C)c3c2)CC1. The van der Waals surface area contributed by atoms with Crippen molar-refractivity contribution in [1.29, 1.82) is 0 Å². The van der Waals surface area contributed by atoms with Crippen LogP contribution in [0.5, 0.6) is 5.75 Å². The molecule has 184 valence electrons. The Hall–Kier alpha value is -4.13. The van der Waals surface area contributed by atoms with Gasteiger partial charge in [0.2, 0.25) is 0 Å². The van der Waals surface area contributed by atoms with Gasteiger partial charge in [-0.2, -0.15) is 4.68 Å². The van der Waals surface area contributed by atoms with Gasteiger partial charge in [-0.3, -0.25) is 9.59 Å². The molecular formula is C29H30N4O3. The average molecular weight is 483 g/mol. The second kappa shape index (κ2) is 9.85. The van der Waals surface area contributed by atoms with Gasteiger partial charge < -0.3 is 15.4 Å². The minimum atomic E-state index is -0.224. The number of fused-ring (bicyclic) bond motifs is 1. The van der Waals surface area contributed by atoms with Gasteiger partial charge in [0.15, 0.2) is 5.82 Å². The number of nitrogens with two attached hydrogens (primary N) is 1. The summed E-state index contributed by atoms with van der Waals surface area (Å²) in [7, 11) is 0. The lowest BCUT2D eigenvalue weighted by atomic mass is 9.96. The topological polar surface area (TPSA) is 90.4 Å². The Morgan fingerprint density at radius 2 is 1.53 bits per heavy atom. The van der Waals surface area contributed by atoms with Crippen LogP contribution in [0.2, 0.25) is 0 Å². The Morgan fingerprint density at radius 3 is 2.17 bits per heavy atom. The fraction of sp³-hybridized carbons (Fsp3) is 0.276. The zero-order chi connectivity index (χ0) is 25.2. The van der Waals surface area contributed by atoms with Gasteiger partial charge in [-0.05, 0) is 68.0 Å². The van der Waals surface area contributed by atoms with Crippen molar-refractivity contribution in [3.63, 3.8) is 0 Å². The molecular weight excluding hydrogens is 452 g/mol. The van der Waals surface area contributed by atoms with E-state index in [1.165, 1.54) is 4.68 Å². The fourth-order valence-corrected chi connectivity index (χ4v) is 4.79. The largest absolute Gasteiger partial charge is 0.493 e. The third-order valence-corrected chi connectivity index (χ3v) is 7.01. The number of aryl methyl sites for hydroxylation is 2. The Bertz CT molecular complexity index is 1430. The number of rotatable bonds is 5. The number of piperidine rings is 1. The summed E-state index contributed by atoms with van der Waals surface area (Å²) in [5, 5.41) is 5.02. The van der Waals surface area contributed by atoms with Gasteiger partial charge in [-0.25, -0.2) is 0 Å². The molecule has 1 aliphatic rings. The van der Waals surface area contributed by atoms with E-state index in [0.29, 0.717) is 53.6 Å². The van der Waals surface area contributed by atoms with Gasteiger partial charge in [0, 0.05) is 35.7 Å². The van der Waals surface area contributed by atoms with E-state index in [1.54, 1.807) is 6.07 Å². The van der Waals surface area contributed by atoms with Crippen LogP contribution >= 0.6 is 0 Å². The Labute approximate surface area is 210 Å². The maximum absolute atomic E-state index is 13.2. The zero-order valence-electron chi connectivity index (χ0n) is 20.6. The van der Waals surface area contributed by atoms with E-state index in [1.807, 2.05) is 79.4 Å². The van der Waals surface area contributed by atoms with Gasteiger partial charge in [-0.15, -0.1) is 5.10 Å². The van der Waals surface area contributed by atoms with E-state index in [9.17, 15) is 9.59 Å². The maximum atomic E-state index is 13.2. The molecule has 0 atom stereocenters. The molecule has 0 spiro atoms. The van der Waals surface area contributed by atoms with Gasteiger partial charge >= 0.3 is 0 Å². The van der Waals surface area contributed by atoms with Crippen LogP contribution in [0.15, 0.2) is 66.7 Å². The smallest absolute Gasteiger partial charge is 0.279 e. The van der Waals surface area contributed by atoms with Gasteiger partial charge in [0.1, 0.15) is 5.75 Å². The normalized spacial score (nSPS) is 14.2. The zero-order valence-corrected chi connectivity index (χ0v) is 20.6. The van der Waals surface area contributed by atoms with E-state index < -0.39 is 0 Å². The molecule has 7 nitrogen and oxygen atoms in total. The molecule has 0 bridgehead atoms. The number of ether oxygens (including phenoxy) is 1. The first-order chi connectivity index (χ1) is 17.4. The molecule has 2 N–H and O–H groups in total. The van der Waals surface area contributed by atoms with E-state index in [-0.39, 0.29) is 11.8 Å². The van der Waals surface area contributed by atoms with E-state index in [4.69, 9.17) is 10.5 Å². The number of carbonyl (C=O) groups is 2. The molecule has 7 heteroatoms. The summed E-state index contributed by atoms with van der Waals surface area (Å²) in [4.78, 5) is 28.0. The molecule has 1 aromatic heterocycles. The molecule has 1 saturated heterocycles. The molecule has 0 radical (unpaired) electrons. The third-order valence-electron chi connectivity index (χ3n) is 7.01. The second-order valence-electron chi connectivity index (χ2n) is 9.46. The highest BCUT2D eigenvalue weighted by Gasteiger charge is 2.25. The maximum Gasteiger partial charge on any atom is 0.279 e. The quantitative estimate of drug-likeness (QED) is 0.439. The number of likely N-dealkylation sites (tertiary alicyclic amines) is 1. The molecule has 3 aromatic carbocycles. The molecule has 4 aromatic rings. The molecule has 0 saturated carbocycles. The number of hydrogen-bond donors (Lipinski definition) is 1. The summed E-state index contributed by atoms with van der Waals surface area (Å²) < 4.78 is 7.49. The summed E-state index contributed by atoms with van der Waals surface area (Å²) in [6, 6.07) is 20.7. The van der Waals surface area contributed by atoms with Crippen LogP contribution in [-0.2, 0) is 0 Å². The van der Waals surface area contributed by atoms with Crippen molar-refractivity contribution in [1.82, 2.24) is 14.7 Å². The van der Waals surface area contributed by atoms with Crippen LogP contribution in [0, 0.1) is 19.8 Å². The minimum absolute atomic E-state index is 0.0992. The number of carbonyl (C=O) groups excluding carboxylic acids is 2. The lowest BCUT2D eigenvalue weighted by molar-refractivity contribution is 0.0660. The van der Waals surface area contributed by atoms with Gasteiger partial charge in [0.25, 0.3) is 11.8 Å². The van der Waals surface area contributed by atoms with Gasteiger partial charge in [-0.1, -0.05) is 36.4 Å². The lowest BCUT2D eigenvalue weighted by Crippen LogP contribution is -2.40. The lowest BCUT2D eigenvalue weighted by Gasteiger charge is -2.32. The number of hydrogen-bond acceptors (Lipinski definition) is 5. The average Bonchev–Trinajstić information content (AvgIpc) is 3.23. The minimum Gasteiger partial charge on any atom is -0.493 e. The summed E-state index contributed by atoms with van der Waals surface area (Å²) in [6.45, 7) is 5.85. The Balaban J connectivity index is 1.25. The van der Waals surface area contributed by atoms with Crippen molar-refractivity contribution >= 4 is 28.5 Å². The van der Waals surface area contributed by atoms with Gasteiger partial charge in [0.05, 0.1) is 12.1 Å². The van der Waals surface area contributed by atoms with E-state index in [2.05, 4.69) is 5.10 Å². The predicted octanol–water partition coefficient (Wildman–Crippen LogP) is 4.86. The highest BCUT2D eigenvalue weighted by atomic mass is 16.5. The summed E-state index contributed by atoms with van der Waals surface area (Å²) >= 11 is 0. The van der Waals surface area contributed by atoms with Crippen LogP contribution in [0.1, 0.15) is 44.7 Å². The van der Waals surface area contributed by atoms with Crippen molar-refractivity contribution < 1.29 is 14.3 Å². The standard InChI is InChI=1S/C29H30N4O3/c1-19-7-3-5-9-23(19)28(34)32-15-13-21(14-16-32)18-36-22-11-12-25-26(17-22)33(31-27(25)30)29(35)24-10-6-4-8-20(24)2/h3-12,17,21H,13-16,18H2,1-2H3,(H2,30,31). The second-order valence-corrected chi connectivity index (χ2v) is 9.46. The number of nitrogens with zero attached hydrogens (tertiary/aromatic N) is 3. The molecule has 2 heterocycles. The molecule has 36 heavy (non-hydrogen) atoms. The molecule has 1 aliphatic heterocycles. The van der Waals surface area contributed by atoms with Crippen molar-refractivity contribution in [3.05, 3.63) is 89.0 Å². The molecule has 1 amide bonds. The number of amides is 1. The summed E-state index contributed by atoms with van der Waals surface area (Å²) in [5.74, 6) is 1.20. The van der Waals surface area contributed by atoms with Crippen LogP contribution in [0.4, 0.5) is 5.82 Å². The van der Waals surface area contributed by atoms with E-state index in [0.717, 1.165) is 29.5 Å². The Morgan fingerprint density at radius 1 is 0.917 bits per heavy atom. The van der Waals surface area contributed by atoms with Crippen molar-refractivity contribution in [3.8, 4) is 5.75 Å². The third kappa shape index (κ3) is 4.56. The highest BCUT2D eigenvalue weighted by molar-refractivity contribution is 6.04. The van der Waals surface area contributed by atoms with Crippen LogP contribution in [-0.4, -0.2) is 46.2 Å². The summed E-state index contributed by atoms with van der Waals surface area (Å²) in [6.07, 6.45) is 1.77. The number of benzene rings is 3. The van der Waals surface area contributed by atoms with E-state index >= 15 is 0 Å². The number of aromatic nitrogens is 2. The predicted molar refractivity (Wildman–Crippen MR) is 140 cm³/mol. The Kier molecular flexibility index (Phi) is 6.46. The van der Waals surface area contributed by atoms with Crippen molar-refractivity contribution in [2.24, 2.45) is 5.92 Å². The van der Waals surface area contributed by atoms with Crippen LogP contribution in [0.25, 0.3) is 10.9 Å². The molecule has 0 unspecified atom stereocenters. The first kappa shape index (κ1) is 23.6. The molecule has 0 aliphatic carbocycles. The molecule has 1 fully saturated rings. The molecule has 5 rings (SSSR count). The van der Waals surface area contributed by atoms with Crippen molar-refractivity contribution in [2.75, 3.05) is 25.4 Å². The monoisotopic (exact) mass is 482 g/mol. The van der Waals surface area contributed by atoms with Crippen LogP contribution in [0.3, 0.4) is 0 Å². The number of nitrogen functional groups attached to an aromatic ring is 1. The first-order valence-electron chi connectivity index (χ1n) is 12.3.